The first-order chi connectivity index (χ1) is 17.6. The smallest absolute Gasteiger partial charge is 0.427 e. The lowest BCUT2D eigenvalue weighted by molar-refractivity contribution is -0.242. The van der Waals surface area contributed by atoms with Crippen molar-refractivity contribution >= 4 is 27.5 Å². The molecule has 0 spiro atoms. The third-order valence-corrected chi connectivity index (χ3v) is 7.26. The number of benzene rings is 1. The first kappa shape index (κ1) is 29.3. The van der Waals surface area contributed by atoms with Crippen molar-refractivity contribution in [3.8, 4) is 11.6 Å². The first-order valence-electron chi connectivity index (χ1n) is 11.5. The highest BCUT2D eigenvalue weighted by molar-refractivity contribution is 7.93. The van der Waals surface area contributed by atoms with Crippen molar-refractivity contribution < 1.29 is 49.4 Å². The molecule has 0 bridgehead atoms. The van der Waals surface area contributed by atoms with Crippen LogP contribution >= 0.6 is 0 Å². The van der Waals surface area contributed by atoms with E-state index in [1.54, 1.807) is 13.8 Å². The van der Waals surface area contributed by atoms with Crippen LogP contribution in [0.2, 0.25) is 0 Å². The summed E-state index contributed by atoms with van der Waals surface area (Å²) in [5.41, 5.74) is -2.91. The fraction of sp³-hybridized carbons (Fsp3) is 0.545. The summed E-state index contributed by atoms with van der Waals surface area (Å²) < 4.78 is 110. The molecule has 16 heteroatoms. The number of hydrogen-bond acceptors (Lipinski definition) is 7. The number of nitrogens with one attached hydrogen (secondary N) is 1. The maximum atomic E-state index is 13.8. The van der Waals surface area contributed by atoms with Gasteiger partial charge in [-0.2, -0.15) is 13.2 Å². The van der Waals surface area contributed by atoms with Crippen LogP contribution in [-0.2, 0) is 21.3 Å². The second-order valence-corrected chi connectivity index (χ2v) is 10.6. The van der Waals surface area contributed by atoms with Gasteiger partial charge in [-0.3, -0.25) is 14.3 Å². The molecule has 0 saturated heterocycles. The molecule has 1 aromatic carbocycles. The number of nitrogens with zero attached hydrogens (tertiary/aromatic N) is 3. The summed E-state index contributed by atoms with van der Waals surface area (Å²) in [6, 6.07) is 3.83. The number of fused-ring (bicyclic) bond motifs is 1. The van der Waals surface area contributed by atoms with Crippen molar-refractivity contribution in [2.45, 2.75) is 69.9 Å². The predicted molar refractivity (Wildman–Crippen MR) is 125 cm³/mol. The van der Waals surface area contributed by atoms with Gasteiger partial charge in [0.15, 0.2) is 4.90 Å². The van der Waals surface area contributed by atoms with Gasteiger partial charge in [0.25, 0.3) is 22.3 Å². The highest BCUT2D eigenvalue weighted by Crippen LogP contribution is 2.41. The molecular weight excluding hydrogens is 543 g/mol. The molecule has 0 saturated carbocycles. The Morgan fingerprint density at radius 1 is 1.26 bits per heavy atom. The summed E-state index contributed by atoms with van der Waals surface area (Å²) in [5, 5.41) is 5.97. The molecular formula is C22H27F5N4O6S. The highest BCUT2D eigenvalue weighted by atomic mass is 32.2. The van der Waals surface area contributed by atoms with Gasteiger partial charge >= 0.3 is 12.3 Å². The minimum Gasteiger partial charge on any atom is -0.486 e. The van der Waals surface area contributed by atoms with Gasteiger partial charge in [0, 0.05) is 11.9 Å². The topological polar surface area (TPSA) is 112 Å². The molecule has 1 amide bonds. The largest absolute Gasteiger partial charge is 0.486 e. The lowest BCUT2D eigenvalue weighted by atomic mass is 10.1. The summed E-state index contributed by atoms with van der Waals surface area (Å²) in [6.45, 7) is 3.64. The van der Waals surface area contributed by atoms with E-state index in [1.165, 1.54) is 18.2 Å². The summed E-state index contributed by atoms with van der Waals surface area (Å²) >= 11 is 0. The second-order valence-electron chi connectivity index (χ2n) is 8.73. The Bertz CT molecular complexity index is 1270. The Labute approximate surface area is 215 Å². The maximum absolute atomic E-state index is 13.8. The Balaban J connectivity index is 2.00. The molecule has 212 valence electrons. The standard InChI is InChI=1S/C22H27F5N4O6S/c1-5-14-10-31(38(33,34)17-11-30(12-18(23)24)29-19(17)35-6-2)15-9-13(7-8-16(15)36-14)28-20(32)37-21(3,4)22(25,26)27/h7-9,11,14,18H,5-6,10,12H2,1-4H3,(H,28,32). The van der Waals surface area contributed by atoms with Crippen LogP contribution < -0.4 is 19.1 Å². The monoisotopic (exact) mass is 570 g/mol. The van der Waals surface area contributed by atoms with Gasteiger partial charge in [-0.05, 0) is 45.4 Å². The summed E-state index contributed by atoms with van der Waals surface area (Å²) in [6.07, 6.45) is -8.29. The number of carbonyl (C=O) groups excluding carboxylic acids is 1. The lowest BCUT2D eigenvalue weighted by Crippen LogP contribution is -2.44. The van der Waals surface area contributed by atoms with E-state index in [1.807, 2.05) is 0 Å². The van der Waals surface area contributed by atoms with E-state index in [2.05, 4.69) is 15.2 Å². The molecule has 1 aromatic heterocycles. The van der Waals surface area contributed by atoms with Crippen molar-refractivity contribution in [3.63, 3.8) is 0 Å². The normalized spacial score (nSPS) is 16.2. The van der Waals surface area contributed by atoms with Crippen LogP contribution in [0.1, 0.15) is 34.1 Å². The fourth-order valence-corrected chi connectivity index (χ4v) is 4.99. The van der Waals surface area contributed by atoms with Gasteiger partial charge in [-0.1, -0.05) is 6.92 Å². The van der Waals surface area contributed by atoms with E-state index in [0.717, 1.165) is 15.2 Å². The fourth-order valence-electron chi connectivity index (χ4n) is 3.42. The van der Waals surface area contributed by atoms with Gasteiger partial charge in [-0.15, -0.1) is 5.10 Å². The third-order valence-electron chi connectivity index (χ3n) is 5.49. The van der Waals surface area contributed by atoms with Gasteiger partial charge in [0.05, 0.1) is 18.8 Å². The lowest BCUT2D eigenvalue weighted by Gasteiger charge is -2.35. The SMILES string of the molecule is CCOc1nn(CC(F)F)cc1S(=O)(=O)N1CC(CC)Oc2ccc(NC(=O)OC(C)(C)C(F)(F)F)cc21. The molecule has 1 unspecified atom stereocenters. The number of alkyl halides is 5. The molecule has 0 fully saturated rings. The van der Waals surface area contributed by atoms with Crippen LogP contribution in [0.5, 0.6) is 11.6 Å². The van der Waals surface area contributed by atoms with Crippen molar-refractivity contribution in [2.75, 3.05) is 22.8 Å². The minimum atomic E-state index is -4.83. The van der Waals surface area contributed by atoms with Crippen molar-refractivity contribution in [2.24, 2.45) is 0 Å². The molecule has 1 aliphatic rings. The zero-order valence-corrected chi connectivity index (χ0v) is 21.7. The van der Waals surface area contributed by atoms with Crippen molar-refractivity contribution in [3.05, 3.63) is 24.4 Å². The molecule has 0 radical (unpaired) electrons. The molecule has 0 aliphatic carbocycles. The van der Waals surface area contributed by atoms with E-state index < -0.39 is 51.9 Å². The van der Waals surface area contributed by atoms with E-state index in [9.17, 15) is 35.2 Å². The number of carbonyl (C=O) groups is 1. The Morgan fingerprint density at radius 2 is 1.95 bits per heavy atom. The molecule has 10 nitrogen and oxygen atoms in total. The second kappa shape index (κ2) is 10.8. The minimum absolute atomic E-state index is 0.00987. The molecule has 2 aromatic rings. The van der Waals surface area contributed by atoms with Gasteiger partial charge in [0.1, 0.15) is 18.4 Å². The molecule has 1 atom stereocenters. The number of ether oxygens (including phenoxy) is 3. The van der Waals surface area contributed by atoms with Crippen LogP contribution in [0.3, 0.4) is 0 Å². The summed E-state index contributed by atoms with van der Waals surface area (Å²) in [4.78, 5) is 11.7. The molecule has 3 rings (SSSR count). The van der Waals surface area contributed by atoms with Crippen molar-refractivity contribution in [1.29, 1.82) is 0 Å². The number of sulfonamides is 1. The number of rotatable bonds is 9. The van der Waals surface area contributed by atoms with Crippen LogP contribution in [0.25, 0.3) is 0 Å². The van der Waals surface area contributed by atoms with Crippen LogP contribution in [0, 0.1) is 0 Å². The van der Waals surface area contributed by atoms with E-state index >= 15 is 0 Å². The number of anilines is 2. The highest BCUT2D eigenvalue weighted by Gasteiger charge is 2.51. The number of hydrogen-bond donors (Lipinski definition) is 1. The Kier molecular flexibility index (Phi) is 8.33. The van der Waals surface area contributed by atoms with Crippen molar-refractivity contribution in [1.82, 2.24) is 9.78 Å². The van der Waals surface area contributed by atoms with E-state index in [-0.39, 0.29) is 36.2 Å². The summed E-state index contributed by atoms with van der Waals surface area (Å²) in [7, 11) is -4.47. The van der Waals surface area contributed by atoms with Gasteiger partial charge in [0.2, 0.25) is 5.60 Å². The zero-order chi connectivity index (χ0) is 28.5. The van der Waals surface area contributed by atoms with Gasteiger partial charge in [-0.25, -0.2) is 22.0 Å². The third kappa shape index (κ3) is 6.22. The van der Waals surface area contributed by atoms with E-state index in [4.69, 9.17) is 9.47 Å². The quantitative estimate of drug-likeness (QED) is 0.431. The number of halogens is 5. The molecule has 1 aliphatic heterocycles. The molecule has 1 N–H and O–H groups in total. The molecule has 38 heavy (non-hydrogen) atoms. The predicted octanol–water partition coefficient (Wildman–Crippen LogP) is 4.80. The Hall–Kier alpha value is -3.30. The van der Waals surface area contributed by atoms with Crippen LogP contribution in [0.4, 0.5) is 38.1 Å². The zero-order valence-electron chi connectivity index (χ0n) is 20.9. The Morgan fingerprint density at radius 3 is 2.53 bits per heavy atom. The number of aromatic nitrogens is 2. The average molecular weight is 571 g/mol. The molecule has 2 heterocycles. The first-order valence-corrected chi connectivity index (χ1v) is 12.9. The number of amides is 1. The summed E-state index contributed by atoms with van der Waals surface area (Å²) in [5.74, 6) is -0.263. The van der Waals surface area contributed by atoms with Gasteiger partial charge < -0.3 is 14.2 Å². The average Bonchev–Trinajstić information content (AvgIpc) is 3.19. The van der Waals surface area contributed by atoms with Crippen LogP contribution in [0.15, 0.2) is 29.3 Å². The maximum Gasteiger partial charge on any atom is 0.427 e. The van der Waals surface area contributed by atoms with E-state index in [0.29, 0.717) is 20.3 Å². The van der Waals surface area contributed by atoms with Crippen LogP contribution in [-0.4, -0.2) is 61.7 Å².